The standard InChI is InChI=1S/C12H15N3O2S/c1-13-12-11(14-15-18-12)8-17-7-9-4-3-5-10(6-9)16-2/h3-6,13H,7-8H2,1-2H3. The number of methoxy groups -OCH3 is 1. The molecule has 5 nitrogen and oxygen atoms in total. The molecule has 1 heterocycles. The molecule has 0 aliphatic rings. The fourth-order valence-corrected chi connectivity index (χ4v) is 2.04. The molecule has 2 rings (SSSR count). The van der Waals surface area contributed by atoms with E-state index in [1.54, 1.807) is 7.11 Å². The quantitative estimate of drug-likeness (QED) is 0.868. The summed E-state index contributed by atoms with van der Waals surface area (Å²) in [7, 11) is 3.50. The normalized spacial score (nSPS) is 10.3. The lowest BCUT2D eigenvalue weighted by molar-refractivity contribution is 0.105. The Morgan fingerprint density at radius 1 is 1.33 bits per heavy atom. The fraction of sp³-hybridized carbons (Fsp3) is 0.333. The van der Waals surface area contributed by atoms with E-state index in [-0.39, 0.29) is 0 Å². The molecule has 0 saturated heterocycles. The van der Waals surface area contributed by atoms with Crippen molar-refractivity contribution in [2.45, 2.75) is 13.2 Å². The summed E-state index contributed by atoms with van der Waals surface area (Å²) in [6.45, 7) is 0.974. The van der Waals surface area contributed by atoms with Crippen molar-refractivity contribution in [1.82, 2.24) is 9.59 Å². The lowest BCUT2D eigenvalue weighted by Crippen LogP contribution is -1.98. The van der Waals surface area contributed by atoms with E-state index in [1.807, 2.05) is 31.3 Å². The number of nitrogens with zero attached hydrogens (tertiary/aromatic N) is 2. The van der Waals surface area contributed by atoms with E-state index in [0.717, 1.165) is 22.0 Å². The third-order valence-corrected chi connectivity index (χ3v) is 3.21. The van der Waals surface area contributed by atoms with Crippen LogP contribution in [0, 0.1) is 0 Å². The number of aromatic nitrogens is 2. The predicted molar refractivity (Wildman–Crippen MR) is 70.9 cm³/mol. The van der Waals surface area contributed by atoms with Crippen LogP contribution in [0.25, 0.3) is 0 Å². The molecule has 0 fully saturated rings. The third-order valence-electron chi connectivity index (χ3n) is 2.42. The number of nitrogens with one attached hydrogen (secondary N) is 1. The summed E-state index contributed by atoms with van der Waals surface area (Å²) in [6.07, 6.45) is 0. The van der Waals surface area contributed by atoms with Gasteiger partial charge < -0.3 is 14.8 Å². The predicted octanol–water partition coefficient (Wildman–Crippen LogP) is 2.31. The minimum Gasteiger partial charge on any atom is -0.497 e. The molecule has 18 heavy (non-hydrogen) atoms. The molecule has 0 aliphatic heterocycles. The van der Waals surface area contributed by atoms with Crippen LogP contribution < -0.4 is 10.1 Å². The Bertz CT molecular complexity index is 502. The van der Waals surface area contributed by atoms with Crippen LogP contribution in [0.3, 0.4) is 0 Å². The number of benzene rings is 1. The summed E-state index contributed by atoms with van der Waals surface area (Å²) < 4.78 is 14.6. The van der Waals surface area contributed by atoms with Gasteiger partial charge in [0.25, 0.3) is 0 Å². The Balaban J connectivity index is 1.88. The first-order chi connectivity index (χ1) is 8.83. The van der Waals surface area contributed by atoms with Crippen molar-refractivity contribution in [3.05, 3.63) is 35.5 Å². The Morgan fingerprint density at radius 2 is 2.22 bits per heavy atom. The molecule has 0 amide bonds. The Kier molecular flexibility index (Phi) is 4.49. The van der Waals surface area contributed by atoms with Crippen LogP contribution in [-0.2, 0) is 18.0 Å². The molecule has 0 aliphatic carbocycles. The van der Waals surface area contributed by atoms with Gasteiger partial charge in [-0.25, -0.2) is 0 Å². The number of ether oxygens (including phenoxy) is 2. The van der Waals surface area contributed by atoms with Gasteiger partial charge in [0.1, 0.15) is 16.4 Å². The van der Waals surface area contributed by atoms with Gasteiger partial charge in [0.05, 0.1) is 20.3 Å². The van der Waals surface area contributed by atoms with E-state index in [9.17, 15) is 0 Å². The largest absolute Gasteiger partial charge is 0.497 e. The van der Waals surface area contributed by atoms with Crippen molar-refractivity contribution >= 4 is 16.5 Å². The van der Waals surface area contributed by atoms with Gasteiger partial charge in [-0.05, 0) is 17.7 Å². The zero-order chi connectivity index (χ0) is 12.8. The highest BCUT2D eigenvalue weighted by Gasteiger charge is 2.06. The van der Waals surface area contributed by atoms with E-state index in [0.29, 0.717) is 13.2 Å². The van der Waals surface area contributed by atoms with Gasteiger partial charge in [-0.1, -0.05) is 16.6 Å². The lowest BCUT2D eigenvalue weighted by atomic mass is 10.2. The van der Waals surface area contributed by atoms with E-state index < -0.39 is 0 Å². The van der Waals surface area contributed by atoms with Crippen molar-refractivity contribution in [3.8, 4) is 5.75 Å². The highest BCUT2D eigenvalue weighted by atomic mass is 32.1. The molecule has 2 aromatic rings. The van der Waals surface area contributed by atoms with Gasteiger partial charge in [-0.15, -0.1) is 5.10 Å². The van der Waals surface area contributed by atoms with Crippen molar-refractivity contribution in [1.29, 1.82) is 0 Å². The Labute approximate surface area is 110 Å². The Morgan fingerprint density at radius 3 is 3.00 bits per heavy atom. The van der Waals surface area contributed by atoms with Gasteiger partial charge in [0, 0.05) is 18.6 Å². The molecule has 1 aromatic heterocycles. The minimum atomic E-state index is 0.448. The first-order valence-corrected chi connectivity index (χ1v) is 6.30. The van der Waals surface area contributed by atoms with E-state index >= 15 is 0 Å². The van der Waals surface area contributed by atoms with Gasteiger partial charge in [-0.2, -0.15) is 0 Å². The summed E-state index contributed by atoms with van der Waals surface area (Å²) in [5, 5.41) is 7.99. The number of rotatable bonds is 6. The van der Waals surface area contributed by atoms with Crippen LogP contribution in [0.15, 0.2) is 24.3 Å². The zero-order valence-corrected chi connectivity index (χ0v) is 11.2. The summed E-state index contributed by atoms with van der Waals surface area (Å²) in [6, 6.07) is 7.81. The Hall–Kier alpha value is -1.66. The van der Waals surface area contributed by atoms with Crippen molar-refractivity contribution < 1.29 is 9.47 Å². The SMILES string of the molecule is CNc1snnc1COCc1cccc(OC)c1. The molecule has 1 N–H and O–H groups in total. The van der Waals surface area contributed by atoms with Gasteiger partial charge in [-0.3, -0.25) is 0 Å². The monoisotopic (exact) mass is 265 g/mol. The topological polar surface area (TPSA) is 56.3 Å². The fourth-order valence-electron chi connectivity index (χ4n) is 1.52. The second kappa shape index (κ2) is 6.32. The number of hydrogen-bond donors (Lipinski definition) is 1. The smallest absolute Gasteiger partial charge is 0.135 e. The van der Waals surface area contributed by atoms with Crippen molar-refractivity contribution in [2.75, 3.05) is 19.5 Å². The lowest BCUT2D eigenvalue weighted by Gasteiger charge is -2.05. The van der Waals surface area contributed by atoms with Crippen molar-refractivity contribution in [2.24, 2.45) is 0 Å². The first-order valence-electron chi connectivity index (χ1n) is 5.53. The molecule has 6 heteroatoms. The molecule has 0 bridgehead atoms. The molecule has 0 atom stereocenters. The maximum absolute atomic E-state index is 5.61. The van der Waals surface area contributed by atoms with E-state index in [2.05, 4.69) is 14.9 Å². The maximum atomic E-state index is 5.61. The molecular formula is C12H15N3O2S. The number of anilines is 1. The molecular weight excluding hydrogens is 250 g/mol. The summed E-state index contributed by atoms with van der Waals surface area (Å²) in [5.41, 5.74) is 1.91. The minimum absolute atomic E-state index is 0.448. The van der Waals surface area contributed by atoms with Crippen molar-refractivity contribution in [3.63, 3.8) is 0 Å². The molecule has 0 radical (unpaired) electrons. The maximum Gasteiger partial charge on any atom is 0.135 e. The zero-order valence-electron chi connectivity index (χ0n) is 10.3. The summed E-state index contributed by atoms with van der Waals surface area (Å²) in [4.78, 5) is 0. The van der Waals surface area contributed by atoms with Crippen LogP contribution >= 0.6 is 11.5 Å². The van der Waals surface area contributed by atoms with E-state index in [4.69, 9.17) is 9.47 Å². The second-order valence-corrected chi connectivity index (χ2v) is 4.40. The summed E-state index contributed by atoms with van der Waals surface area (Å²) >= 11 is 1.33. The molecule has 0 saturated carbocycles. The molecule has 96 valence electrons. The average molecular weight is 265 g/mol. The van der Waals surface area contributed by atoms with Crippen LogP contribution in [0.4, 0.5) is 5.00 Å². The highest BCUT2D eigenvalue weighted by Crippen LogP contribution is 2.18. The summed E-state index contributed by atoms with van der Waals surface area (Å²) in [5.74, 6) is 0.835. The molecule has 0 spiro atoms. The average Bonchev–Trinajstić information content (AvgIpc) is 2.86. The molecule has 1 aromatic carbocycles. The van der Waals surface area contributed by atoms with Crippen LogP contribution in [0.1, 0.15) is 11.3 Å². The first kappa shape index (κ1) is 12.8. The highest BCUT2D eigenvalue weighted by molar-refractivity contribution is 7.10. The second-order valence-electron chi connectivity index (χ2n) is 3.64. The molecule has 0 unspecified atom stereocenters. The van der Waals surface area contributed by atoms with Gasteiger partial charge in [0.2, 0.25) is 0 Å². The third kappa shape index (κ3) is 3.18. The van der Waals surface area contributed by atoms with Crippen LogP contribution in [0.2, 0.25) is 0 Å². The number of hydrogen-bond acceptors (Lipinski definition) is 6. The van der Waals surface area contributed by atoms with Gasteiger partial charge in [0.15, 0.2) is 0 Å². The van der Waals surface area contributed by atoms with Crippen LogP contribution in [-0.4, -0.2) is 23.7 Å². The van der Waals surface area contributed by atoms with Gasteiger partial charge >= 0.3 is 0 Å². The van der Waals surface area contributed by atoms with E-state index in [1.165, 1.54) is 11.5 Å². The van der Waals surface area contributed by atoms with Crippen LogP contribution in [0.5, 0.6) is 5.75 Å².